The third-order valence-electron chi connectivity index (χ3n) is 3.82. The Balaban J connectivity index is 2.13. The van der Waals surface area contributed by atoms with Crippen LogP contribution in [0.2, 0.25) is 0 Å². The van der Waals surface area contributed by atoms with E-state index in [-0.39, 0.29) is 11.5 Å². The number of Topliss-reactive ketones (excluding diaryl/α,β-unsaturated/α-hetero) is 1. The van der Waals surface area contributed by atoms with Gasteiger partial charge in [-0.15, -0.1) is 0 Å². The fraction of sp³-hybridized carbons (Fsp3) is 0.500. The molecule has 1 aliphatic carbocycles. The Morgan fingerprint density at radius 3 is 2.69 bits per heavy atom. The second-order valence-corrected chi connectivity index (χ2v) is 4.77. The Hall–Kier alpha value is -1.31. The van der Waals surface area contributed by atoms with Gasteiger partial charge in [0.15, 0.2) is 0 Å². The normalized spacial score (nSPS) is 28.7. The van der Waals surface area contributed by atoms with Gasteiger partial charge in [-0.3, -0.25) is 4.79 Å². The van der Waals surface area contributed by atoms with Crippen molar-refractivity contribution in [3.63, 3.8) is 0 Å². The van der Waals surface area contributed by atoms with Gasteiger partial charge < -0.3 is 4.74 Å². The Morgan fingerprint density at radius 2 is 2.12 bits per heavy atom. The predicted molar refractivity (Wildman–Crippen MR) is 63.6 cm³/mol. The minimum absolute atomic E-state index is 0.0473. The molecule has 1 fully saturated rings. The van der Waals surface area contributed by atoms with E-state index in [9.17, 15) is 4.79 Å². The summed E-state index contributed by atoms with van der Waals surface area (Å²) in [7, 11) is 0. The number of hydrogen-bond donors (Lipinski definition) is 0. The standard InChI is InChI=1S/C14H18O2/c1-4-14(3)12(15)9-13(14)16-11-8-6-5-7-10(11)2/h5-8,13H,4,9H2,1-3H3. The van der Waals surface area contributed by atoms with Gasteiger partial charge in [0.1, 0.15) is 17.6 Å². The Bertz CT molecular complexity index is 411. The maximum Gasteiger partial charge on any atom is 0.146 e. The number of benzene rings is 1. The monoisotopic (exact) mass is 218 g/mol. The zero-order valence-electron chi connectivity index (χ0n) is 10.1. The van der Waals surface area contributed by atoms with Crippen molar-refractivity contribution >= 4 is 5.78 Å². The third kappa shape index (κ3) is 1.62. The molecule has 0 saturated heterocycles. The molecule has 0 bridgehead atoms. The first-order chi connectivity index (χ1) is 7.58. The highest BCUT2D eigenvalue weighted by Crippen LogP contribution is 2.42. The Labute approximate surface area is 96.6 Å². The van der Waals surface area contributed by atoms with E-state index in [2.05, 4.69) is 0 Å². The highest BCUT2D eigenvalue weighted by Gasteiger charge is 2.51. The average molecular weight is 218 g/mol. The second kappa shape index (κ2) is 3.93. The molecule has 0 amide bonds. The van der Waals surface area contributed by atoms with Crippen LogP contribution in [0.15, 0.2) is 24.3 Å². The van der Waals surface area contributed by atoms with E-state index in [0.29, 0.717) is 12.2 Å². The molecule has 0 spiro atoms. The van der Waals surface area contributed by atoms with Gasteiger partial charge in [0.2, 0.25) is 0 Å². The Morgan fingerprint density at radius 1 is 1.44 bits per heavy atom. The van der Waals surface area contributed by atoms with Crippen LogP contribution < -0.4 is 4.74 Å². The van der Waals surface area contributed by atoms with Crippen LogP contribution in [0.1, 0.15) is 32.3 Å². The fourth-order valence-corrected chi connectivity index (χ4v) is 2.11. The number of carbonyl (C=O) groups excluding carboxylic acids is 1. The van der Waals surface area contributed by atoms with E-state index in [0.717, 1.165) is 17.7 Å². The SMILES string of the molecule is CCC1(C)C(=O)CC1Oc1ccccc1C. The summed E-state index contributed by atoms with van der Waals surface area (Å²) in [5.74, 6) is 1.23. The molecule has 1 aliphatic rings. The van der Waals surface area contributed by atoms with E-state index in [4.69, 9.17) is 4.74 Å². The molecular weight excluding hydrogens is 200 g/mol. The quantitative estimate of drug-likeness (QED) is 0.779. The van der Waals surface area contributed by atoms with E-state index in [1.165, 1.54) is 0 Å². The lowest BCUT2D eigenvalue weighted by atomic mass is 9.64. The number of ketones is 1. The van der Waals surface area contributed by atoms with Crippen molar-refractivity contribution in [3.05, 3.63) is 29.8 Å². The smallest absolute Gasteiger partial charge is 0.146 e. The first kappa shape index (κ1) is 11.2. The summed E-state index contributed by atoms with van der Waals surface area (Å²) < 4.78 is 5.94. The van der Waals surface area contributed by atoms with Gasteiger partial charge in [-0.25, -0.2) is 0 Å². The molecule has 2 unspecified atom stereocenters. The first-order valence-corrected chi connectivity index (χ1v) is 5.83. The second-order valence-electron chi connectivity index (χ2n) is 4.77. The Kier molecular flexibility index (Phi) is 2.75. The molecule has 0 heterocycles. The molecule has 1 aromatic carbocycles. The number of carbonyl (C=O) groups is 1. The molecule has 0 aromatic heterocycles. The molecule has 0 aliphatic heterocycles. The van der Waals surface area contributed by atoms with Crippen molar-refractivity contribution in [1.82, 2.24) is 0 Å². The van der Waals surface area contributed by atoms with Crippen LogP contribution in [-0.2, 0) is 4.79 Å². The van der Waals surface area contributed by atoms with Gasteiger partial charge in [-0.05, 0) is 31.9 Å². The van der Waals surface area contributed by atoms with Crippen molar-refractivity contribution in [1.29, 1.82) is 0 Å². The molecule has 0 N–H and O–H groups in total. The molecule has 2 heteroatoms. The van der Waals surface area contributed by atoms with Gasteiger partial charge in [0.25, 0.3) is 0 Å². The van der Waals surface area contributed by atoms with Crippen LogP contribution in [-0.4, -0.2) is 11.9 Å². The lowest BCUT2D eigenvalue weighted by Gasteiger charge is -2.44. The molecule has 0 radical (unpaired) electrons. The van der Waals surface area contributed by atoms with Crippen LogP contribution in [0.4, 0.5) is 0 Å². The summed E-state index contributed by atoms with van der Waals surface area (Å²) in [6, 6.07) is 7.95. The molecule has 2 nitrogen and oxygen atoms in total. The van der Waals surface area contributed by atoms with E-state index >= 15 is 0 Å². The fourth-order valence-electron chi connectivity index (χ4n) is 2.11. The average Bonchev–Trinajstić information content (AvgIpc) is 2.30. The van der Waals surface area contributed by atoms with Crippen LogP contribution in [0.25, 0.3) is 0 Å². The topological polar surface area (TPSA) is 26.3 Å². The molecular formula is C14H18O2. The minimum Gasteiger partial charge on any atom is -0.489 e. The first-order valence-electron chi connectivity index (χ1n) is 5.83. The summed E-state index contributed by atoms with van der Waals surface area (Å²) >= 11 is 0. The van der Waals surface area contributed by atoms with E-state index in [1.807, 2.05) is 45.0 Å². The summed E-state index contributed by atoms with van der Waals surface area (Å²) in [4.78, 5) is 11.6. The largest absolute Gasteiger partial charge is 0.489 e. The van der Waals surface area contributed by atoms with Gasteiger partial charge in [-0.1, -0.05) is 25.1 Å². The van der Waals surface area contributed by atoms with Crippen molar-refractivity contribution in [2.24, 2.45) is 5.41 Å². The van der Waals surface area contributed by atoms with Gasteiger partial charge in [0, 0.05) is 6.42 Å². The molecule has 1 saturated carbocycles. The molecule has 2 rings (SSSR count). The summed E-state index contributed by atoms with van der Waals surface area (Å²) in [6.45, 7) is 6.08. The maximum atomic E-state index is 11.6. The molecule has 86 valence electrons. The van der Waals surface area contributed by atoms with Gasteiger partial charge in [0.05, 0.1) is 5.41 Å². The molecule has 16 heavy (non-hydrogen) atoms. The lowest BCUT2D eigenvalue weighted by Crippen LogP contribution is -2.54. The summed E-state index contributed by atoms with van der Waals surface area (Å²) in [5, 5.41) is 0. The lowest BCUT2D eigenvalue weighted by molar-refractivity contribution is -0.150. The number of para-hydroxylation sites is 1. The predicted octanol–water partition coefficient (Wildman–Crippen LogP) is 3.13. The highest BCUT2D eigenvalue weighted by molar-refractivity contribution is 5.92. The number of rotatable bonds is 3. The number of aryl methyl sites for hydroxylation is 1. The van der Waals surface area contributed by atoms with Crippen LogP contribution in [0.3, 0.4) is 0 Å². The maximum absolute atomic E-state index is 11.6. The van der Waals surface area contributed by atoms with Crippen LogP contribution in [0.5, 0.6) is 5.75 Å². The number of hydrogen-bond acceptors (Lipinski definition) is 2. The number of ether oxygens (including phenoxy) is 1. The highest BCUT2D eigenvalue weighted by atomic mass is 16.5. The van der Waals surface area contributed by atoms with Crippen molar-refractivity contribution in [3.8, 4) is 5.75 Å². The van der Waals surface area contributed by atoms with Gasteiger partial charge >= 0.3 is 0 Å². The van der Waals surface area contributed by atoms with Gasteiger partial charge in [-0.2, -0.15) is 0 Å². The van der Waals surface area contributed by atoms with E-state index in [1.54, 1.807) is 0 Å². The summed E-state index contributed by atoms with van der Waals surface area (Å²) in [6.07, 6.45) is 1.45. The zero-order chi connectivity index (χ0) is 11.8. The summed E-state index contributed by atoms with van der Waals surface area (Å²) in [5.41, 5.74) is 0.850. The van der Waals surface area contributed by atoms with Crippen LogP contribution in [0, 0.1) is 12.3 Å². The minimum atomic E-state index is -0.276. The third-order valence-corrected chi connectivity index (χ3v) is 3.82. The molecule has 1 aromatic rings. The van der Waals surface area contributed by atoms with Crippen molar-refractivity contribution in [2.75, 3.05) is 0 Å². The molecule has 2 atom stereocenters. The zero-order valence-corrected chi connectivity index (χ0v) is 10.1. The van der Waals surface area contributed by atoms with Crippen LogP contribution >= 0.6 is 0 Å². The van der Waals surface area contributed by atoms with Crippen molar-refractivity contribution in [2.45, 2.75) is 39.7 Å². The van der Waals surface area contributed by atoms with E-state index < -0.39 is 0 Å². The van der Waals surface area contributed by atoms with Crippen molar-refractivity contribution < 1.29 is 9.53 Å².